The fraction of sp³-hybridized carbons (Fsp3) is 0.263. The number of rotatable bonds is 8. The van der Waals surface area contributed by atoms with Gasteiger partial charge in [0, 0.05) is 25.4 Å². The van der Waals surface area contributed by atoms with E-state index in [0.717, 1.165) is 5.56 Å². The van der Waals surface area contributed by atoms with Crippen LogP contribution in [0, 0.1) is 0 Å². The average molecular weight is 405 g/mol. The van der Waals surface area contributed by atoms with Gasteiger partial charge in [0.15, 0.2) is 0 Å². The molecule has 0 unspecified atom stereocenters. The number of carbonyl (C=O) groups excluding carboxylic acids is 2. The Kier molecular flexibility index (Phi) is 7.27. The largest absolute Gasteiger partial charge is 0.380 e. The highest BCUT2D eigenvalue weighted by Gasteiger charge is 2.22. The van der Waals surface area contributed by atoms with E-state index in [4.69, 9.17) is 4.74 Å². The third-order valence-electron chi connectivity index (χ3n) is 3.72. The van der Waals surface area contributed by atoms with Crippen LogP contribution in [0.25, 0.3) is 0 Å². The minimum Gasteiger partial charge on any atom is -0.380 e. The van der Waals surface area contributed by atoms with Gasteiger partial charge in [0.1, 0.15) is 0 Å². The highest BCUT2D eigenvalue weighted by atomic mass is 32.2. The molecule has 2 rings (SSSR count). The third-order valence-corrected chi connectivity index (χ3v) is 5.27. The van der Waals surface area contributed by atoms with E-state index in [1.807, 2.05) is 6.07 Å². The molecule has 0 aliphatic heterocycles. The lowest BCUT2D eigenvalue weighted by molar-refractivity contribution is -0.117. The number of hydrogen-bond acceptors (Lipinski definition) is 5. The monoisotopic (exact) mass is 405 g/mol. The van der Waals surface area contributed by atoms with Crippen molar-refractivity contribution in [2.24, 2.45) is 0 Å². The molecule has 8 nitrogen and oxygen atoms in total. The molecular weight excluding hydrogens is 382 g/mol. The molecule has 0 saturated heterocycles. The Morgan fingerprint density at radius 2 is 1.71 bits per heavy atom. The Hall–Kier alpha value is -2.75. The number of benzene rings is 2. The van der Waals surface area contributed by atoms with Crippen molar-refractivity contribution in [3.63, 3.8) is 0 Å². The number of sulfonamides is 1. The predicted octanol–water partition coefficient (Wildman–Crippen LogP) is 2.10. The molecule has 1 atom stereocenters. The lowest BCUT2D eigenvalue weighted by Crippen LogP contribution is -2.41. The van der Waals surface area contributed by atoms with Gasteiger partial charge in [-0.2, -0.15) is 4.72 Å². The number of carbonyl (C=O) groups is 2. The minimum atomic E-state index is -3.90. The van der Waals surface area contributed by atoms with Crippen molar-refractivity contribution in [3.05, 3.63) is 54.1 Å². The predicted molar refractivity (Wildman–Crippen MR) is 106 cm³/mol. The number of amides is 2. The second-order valence-electron chi connectivity index (χ2n) is 6.17. The normalized spacial score (nSPS) is 12.2. The van der Waals surface area contributed by atoms with Gasteiger partial charge in [-0.1, -0.05) is 12.1 Å². The van der Waals surface area contributed by atoms with Crippen molar-refractivity contribution < 1.29 is 22.7 Å². The van der Waals surface area contributed by atoms with Crippen LogP contribution in [0.4, 0.5) is 11.4 Å². The van der Waals surface area contributed by atoms with Crippen molar-refractivity contribution in [2.75, 3.05) is 17.7 Å². The SMILES string of the molecule is COCc1cccc(NC(=O)[C@H](C)NS(=O)(=O)c2ccc(NC(C)=O)cc2)c1. The molecule has 9 heteroatoms. The number of hydrogen-bond donors (Lipinski definition) is 3. The summed E-state index contributed by atoms with van der Waals surface area (Å²) in [5, 5.41) is 5.23. The molecule has 0 spiro atoms. The van der Waals surface area contributed by atoms with Crippen LogP contribution in [0.2, 0.25) is 0 Å². The van der Waals surface area contributed by atoms with Crippen molar-refractivity contribution in [1.82, 2.24) is 4.72 Å². The first-order chi connectivity index (χ1) is 13.2. The first-order valence-corrected chi connectivity index (χ1v) is 9.98. The Morgan fingerprint density at radius 1 is 1.04 bits per heavy atom. The van der Waals surface area contributed by atoms with Gasteiger partial charge in [0.25, 0.3) is 0 Å². The zero-order valence-corrected chi connectivity index (χ0v) is 16.7. The van der Waals surface area contributed by atoms with Crippen LogP contribution in [-0.2, 0) is 31.0 Å². The Balaban J connectivity index is 2.03. The topological polar surface area (TPSA) is 114 Å². The first-order valence-electron chi connectivity index (χ1n) is 8.50. The highest BCUT2D eigenvalue weighted by molar-refractivity contribution is 7.89. The molecule has 150 valence electrons. The molecule has 0 aliphatic carbocycles. The molecular formula is C19H23N3O5S. The van der Waals surface area contributed by atoms with Crippen LogP contribution in [0.1, 0.15) is 19.4 Å². The Labute approximate surface area is 164 Å². The van der Waals surface area contributed by atoms with Crippen LogP contribution in [-0.4, -0.2) is 33.4 Å². The van der Waals surface area contributed by atoms with Crippen molar-refractivity contribution in [3.8, 4) is 0 Å². The summed E-state index contributed by atoms with van der Waals surface area (Å²) in [6, 6.07) is 11.8. The average Bonchev–Trinajstić information content (AvgIpc) is 2.62. The van der Waals surface area contributed by atoms with Gasteiger partial charge < -0.3 is 15.4 Å². The fourth-order valence-corrected chi connectivity index (χ4v) is 3.63. The van der Waals surface area contributed by atoms with E-state index in [-0.39, 0.29) is 10.8 Å². The summed E-state index contributed by atoms with van der Waals surface area (Å²) in [5.41, 5.74) is 1.91. The van der Waals surface area contributed by atoms with Crippen LogP contribution >= 0.6 is 0 Å². The Morgan fingerprint density at radius 3 is 2.32 bits per heavy atom. The molecule has 2 aromatic carbocycles. The lowest BCUT2D eigenvalue weighted by atomic mass is 10.2. The Bertz CT molecular complexity index is 942. The lowest BCUT2D eigenvalue weighted by Gasteiger charge is -2.15. The van der Waals surface area contributed by atoms with Crippen molar-refractivity contribution in [2.45, 2.75) is 31.4 Å². The van der Waals surface area contributed by atoms with Gasteiger partial charge >= 0.3 is 0 Å². The summed E-state index contributed by atoms with van der Waals surface area (Å²) in [5.74, 6) is -0.749. The second kappa shape index (κ2) is 9.45. The summed E-state index contributed by atoms with van der Waals surface area (Å²) in [6.07, 6.45) is 0. The van der Waals surface area contributed by atoms with E-state index in [9.17, 15) is 18.0 Å². The van der Waals surface area contributed by atoms with E-state index in [1.54, 1.807) is 25.3 Å². The van der Waals surface area contributed by atoms with Crippen LogP contribution in [0.5, 0.6) is 0 Å². The molecule has 0 bridgehead atoms. The van der Waals surface area contributed by atoms with E-state index in [1.165, 1.54) is 38.1 Å². The standard InChI is InChI=1S/C19H23N3O5S/c1-13(19(24)21-17-6-4-5-15(11-17)12-27-3)22-28(25,26)18-9-7-16(8-10-18)20-14(2)23/h4-11,13,22H,12H2,1-3H3,(H,20,23)(H,21,24)/t13-/m0/s1. The van der Waals surface area contributed by atoms with Gasteiger partial charge in [-0.15, -0.1) is 0 Å². The smallest absolute Gasteiger partial charge is 0.242 e. The molecule has 0 saturated carbocycles. The van der Waals surface area contributed by atoms with E-state index in [0.29, 0.717) is 18.0 Å². The number of anilines is 2. The zero-order chi connectivity index (χ0) is 20.7. The molecule has 3 N–H and O–H groups in total. The second-order valence-corrected chi connectivity index (χ2v) is 7.89. The van der Waals surface area contributed by atoms with Gasteiger partial charge in [-0.25, -0.2) is 8.42 Å². The molecule has 0 heterocycles. The maximum atomic E-state index is 12.5. The molecule has 2 aromatic rings. The van der Waals surface area contributed by atoms with Crippen LogP contribution in [0.15, 0.2) is 53.4 Å². The first kappa shape index (κ1) is 21.5. The maximum absolute atomic E-state index is 12.5. The van der Waals surface area contributed by atoms with E-state index < -0.39 is 22.0 Å². The van der Waals surface area contributed by atoms with Gasteiger partial charge in [-0.3, -0.25) is 9.59 Å². The summed E-state index contributed by atoms with van der Waals surface area (Å²) in [7, 11) is -2.33. The molecule has 28 heavy (non-hydrogen) atoms. The van der Waals surface area contributed by atoms with E-state index in [2.05, 4.69) is 15.4 Å². The summed E-state index contributed by atoms with van der Waals surface area (Å²) < 4.78 is 32.3. The number of nitrogens with one attached hydrogen (secondary N) is 3. The van der Waals surface area contributed by atoms with Crippen molar-refractivity contribution >= 4 is 33.2 Å². The molecule has 0 fully saturated rings. The third kappa shape index (κ3) is 6.15. The van der Waals surface area contributed by atoms with E-state index >= 15 is 0 Å². The van der Waals surface area contributed by atoms with Gasteiger partial charge in [0.2, 0.25) is 21.8 Å². The van der Waals surface area contributed by atoms with Crippen molar-refractivity contribution in [1.29, 1.82) is 0 Å². The molecule has 0 aliphatic rings. The van der Waals surface area contributed by atoms with Gasteiger partial charge in [0.05, 0.1) is 17.5 Å². The summed E-state index contributed by atoms with van der Waals surface area (Å²) in [4.78, 5) is 23.4. The molecule has 0 aromatic heterocycles. The summed E-state index contributed by atoms with van der Waals surface area (Å²) in [6.45, 7) is 3.22. The minimum absolute atomic E-state index is 0.0108. The molecule has 0 radical (unpaired) electrons. The fourth-order valence-electron chi connectivity index (χ4n) is 2.43. The zero-order valence-electron chi connectivity index (χ0n) is 15.9. The number of ether oxygens (including phenoxy) is 1. The maximum Gasteiger partial charge on any atom is 0.242 e. The van der Waals surface area contributed by atoms with Gasteiger partial charge in [-0.05, 0) is 48.9 Å². The molecule has 2 amide bonds. The number of methoxy groups -OCH3 is 1. The summed E-state index contributed by atoms with van der Waals surface area (Å²) >= 11 is 0. The van der Waals surface area contributed by atoms with Crippen LogP contribution in [0.3, 0.4) is 0 Å². The highest BCUT2D eigenvalue weighted by Crippen LogP contribution is 2.15. The quantitative estimate of drug-likeness (QED) is 0.622. The van der Waals surface area contributed by atoms with Crippen LogP contribution < -0.4 is 15.4 Å².